The van der Waals surface area contributed by atoms with Crippen molar-refractivity contribution in [2.75, 3.05) is 44.7 Å². The Labute approximate surface area is 125 Å². The second-order valence-electron chi connectivity index (χ2n) is 5.44. The highest BCUT2D eigenvalue weighted by atomic mass is 16.5. The normalized spacial score (nSPS) is 22.9. The van der Waals surface area contributed by atoms with Crippen LogP contribution in [0.3, 0.4) is 0 Å². The molecule has 0 saturated carbocycles. The third-order valence-electron chi connectivity index (χ3n) is 4.07. The van der Waals surface area contributed by atoms with Crippen LogP contribution in [0.1, 0.15) is 37.0 Å². The molecule has 6 nitrogen and oxygen atoms in total. The van der Waals surface area contributed by atoms with E-state index in [-0.39, 0.29) is 6.10 Å². The van der Waals surface area contributed by atoms with Gasteiger partial charge in [-0.2, -0.15) is 0 Å². The first kappa shape index (κ1) is 14.7. The van der Waals surface area contributed by atoms with Crippen molar-refractivity contribution in [3.8, 4) is 0 Å². The monoisotopic (exact) mass is 292 g/mol. The fourth-order valence-corrected chi connectivity index (χ4v) is 2.85. The summed E-state index contributed by atoms with van der Waals surface area (Å²) >= 11 is 0. The molecule has 0 spiro atoms. The molecule has 3 rings (SSSR count). The molecule has 3 heterocycles. The molecule has 0 bridgehead atoms. The SMILES string of the molecule is CCNc1nc(C2CN(CC)CCO2)nc2c1COCC2. The zero-order valence-electron chi connectivity index (χ0n) is 12.9. The molecule has 2 aliphatic heterocycles. The maximum atomic E-state index is 5.89. The van der Waals surface area contributed by atoms with Crippen molar-refractivity contribution in [3.05, 3.63) is 17.1 Å². The number of fused-ring (bicyclic) bond motifs is 1. The largest absolute Gasteiger partial charge is 0.376 e. The Hall–Kier alpha value is -1.24. The summed E-state index contributed by atoms with van der Waals surface area (Å²) in [6, 6.07) is 0. The van der Waals surface area contributed by atoms with Crippen molar-refractivity contribution < 1.29 is 9.47 Å². The number of likely N-dealkylation sites (N-methyl/N-ethyl adjacent to an activating group) is 1. The van der Waals surface area contributed by atoms with Gasteiger partial charge in [0.05, 0.1) is 25.5 Å². The van der Waals surface area contributed by atoms with E-state index in [1.807, 2.05) is 0 Å². The van der Waals surface area contributed by atoms with Crippen LogP contribution in [0.25, 0.3) is 0 Å². The number of nitrogens with zero attached hydrogens (tertiary/aromatic N) is 3. The highest BCUT2D eigenvalue weighted by Gasteiger charge is 2.26. The summed E-state index contributed by atoms with van der Waals surface area (Å²) in [5.74, 6) is 1.72. The van der Waals surface area contributed by atoms with E-state index >= 15 is 0 Å². The first-order valence-corrected chi connectivity index (χ1v) is 7.87. The molecule has 0 amide bonds. The molecule has 6 heteroatoms. The van der Waals surface area contributed by atoms with E-state index in [9.17, 15) is 0 Å². The van der Waals surface area contributed by atoms with Gasteiger partial charge in [-0.1, -0.05) is 6.92 Å². The molecule has 1 saturated heterocycles. The van der Waals surface area contributed by atoms with Gasteiger partial charge in [0.15, 0.2) is 5.82 Å². The van der Waals surface area contributed by atoms with E-state index in [4.69, 9.17) is 19.4 Å². The lowest BCUT2D eigenvalue weighted by atomic mass is 10.1. The lowest BCUT2D eigenvalue weighted by molar-refractivity contribution is -0.0327. The second-order valence-corrected chi connectivity index (χ2v) is 5.44. The Balaban J connectivity index is 1.89. The summed E-state index contributed by atoms with van der Waals surface area (Å²) in [6.45, 7) is 10.1. The van der Waals surface area contributed by atoms with E-state index in [0.717, 1.165) is 68.7 Å². The highest BCUT2D eigenvalue weighted by Crippen LogP contribution is 2.26. The Morgan fingerprint density at radius 2 is 2.19 bits per heavy atom. The Bertz CT molecular complexity index is 495. The molecule has 2 aliphatic rings. The minimum atomic E-state index is -0.0238. The number of rotatable bonds is 4. The predicted molar refractivity (Wildman–Crippen MR) is 80.4 cm³/mol. The highest BCUT2D eigenvalue weighted by molar-refractivity contribution is 5.47. The third kappa shape index (κ3) is 3.17. The van der Waals surface area contributed by atoms with Crippen LogP contribution in [0, 0.1) is 0 Å². The number of hydrogen-bond donors (Lipinski definition) is 1. The lowest BCUT2D eigenvalue weighted by Crippen LogP contribution is -2.39. The summed E-state index contributed by atoms with van der Waals surface area (Å²) in [4.78, 5) is 11.9. The van der Waals surface area contributed by atoms with E-state index in [1.54, 1.807) is 0 Å². The zero-order chi connectivity index (χ0) is 14.7. The van der Waals surface area contributed by atoms with Crippen molar-refractivity contribution in [2.45, 2.75) is 33.0 Å². The molecule has 0 aromatic carbocycles. The summed E-state index contributed by atoms with van der Waals surface area (Å²) in [5, 5.41) is 3.34. The average molecular weight is 292 g/mol. The maximum Gasteiger partial charge on any atom is 0.161 e. The van der Waals surface area contributed by atoms with Crippen LogP contribution < -0.4 is 5.32 Å². The van der Waals surface area contributed by atoms with Crippen LogP contribution in [0.5, 0.6) is 0 Å². The van der Waals surface area contributed by atoms with Gasteiger partial charge in [-0.3, -0.25) is 4.90 Å². The molecule has 116 valence electrons. The molecule has 1 N–H and O–H groups in total. The van der Waals surface area contributed by atoms with Crippen LogP contribution in [-0.4, -0.2) is 54.3 Å². The number of morpholine rings is 1. The lowest BCUT2D eigenvalue weighted by Gasteiger charge is -2.32. The van der Waals surface area contributed by atoms with Crippen LogP contribution in [-0.2, 0) is 22.5 Å². The molecular formula is C15H24N4O2. The van der Waals surface area contributed by atoms with E-state index < -0.39 is 0 Å². The van der Waals surface area contributed by atoms with Gasteiger partial charge in [-0.15, -0.1) is 0 Å². The van der Waals surface area contributed by atoms with Crippen molar-refractivity contribution >= 4 is 5.82 Å². The Morgan fingerprint density at radius 1 is 1.29 bits per heavy atom. The number of nitrogens with one attached hydrogen (secondary N) is 1. The molecule has 21 heavy (non-hydrogen) atoms. The van der Waals surface area contributed by atoms with Crippen molar-refractivity contribution in [3.63, 3.8) is 0 Å². The van der Waals surface area contributed by atoms with Crippen molar-refractivity contribution in [2.24, 2.45) is 0 Å². The molecular weight excluding hydrogens is 268 g/mol. The molecule has 1 atom stereocenters. The average Bonchev–Trinajstić information content (AvgIpc) is 2.55. The zero-order valence-corrected chi connectivity index (χ0v) is 12.9. The predicted octanol–water partition coefficient (Wildman–Crippen LogP) is 1.37. The van der Waals surface area contributed by atoms with E-state index in [0.29, 0.717) is 6.61 Å². The van der Waals surface area contributed by atoms with Crippen molar-refractivity contribution in [1.29, 1.82) is 0 Å². The van der Waals surface area contributed by atoms with Gasteiger partial charge < -0.3 is 14.8 Å². The molecule has 0 aliphatic carbocycles. The van der Waals surface area contributed by atoms with Crippen LogP contribution >= 0.6 is 0 Å². The van der Waals surface area contributed by atoms with Gasteiger partial charge >= 0.3 is 0 Å². The fourth-order valence-electron chi connectivity index (χ4n) is 2.85. The van der Waals surface area contributed by atoms with Gasteiger partial charge in [-0.05, 0) is 13.5 Å². The fraction of sp³-hybridized carbons (Fsp3) is 0.733. The minimum Gasteiger partial charge on any atom is -0.376 e. The van der Waals surface area contributed by atoms with E-state index in [1.165, 1.54) is 0 Å². The Morgan fingerprint density at radius 3 is 3.00 bits per heavy atom. The number of hydrogen-bond acceptors (Lipinski definition) is 6. The topological polar surface area (TPSA) is 59.5 Å². The van der Waals surface area contributed by atoms with Gasteiger partial charge in [0.2, 0.25) is 0 Å². The molecule has 0 radical (unpaired) electrons. The van der Waals surface area contributed by atoms with Gasteiger partial charge in [0, 0.05) is 31.6 Å². The molecule has 1 aromatic rings. The smallest absolute Gasteiger partial charge is 0.161 e. The number of anilines is 1. The van der Waals surface area contributed by atoms with Crippen molar-refractivity contribution in [1.82, 2.24) is 14.9 Å². The van der Waals surface area contributed by atoms with Crippen LogP contribution in [0.2, 0.25) is 0 Å². The Kier molecular flexibility index (Phi) is 4.67. The molecule has 1 fully saturated rings. The quantitative estimate of drug-likeness (QED) is 0.904. The third-order valence-corrected chi connectivity index (χ3v) is 4.07. The van der Waals surface area contributed by atoms with Crippen LogP contribution in [0.15, 0.2) is 0 Å². The van der Waals surface area contributed by atoms with Crippen LogP contribution in [0.4, 0.5) is 5.82 Å². The first-order chi connectivity index (χ1) is 10.3. The van der Waals surface area contributed by atoms with E-state index in [2.05, 4.69) is 24.1 Å². The molecule has 1 aromatic heterocycles. The standard InChI is InChI=1S/C15H24N4O2/c1-3-16-14-11-10-20-7-5-12(11)17-15(18-14)13-9-19(4-2)6-8-21-13/h13H,3-10H2,1-2H3,(H,16,17,18). The maximum absolute atomic E-state index is 5.89. The number of aromatic nitrogens is 2. The number of ether oxygens (including phenoxy) is 2. The van der Waals surface area contributed by atoms with Gasteiger partial charge in [0.25, 0.3) is 0 Å². The summed E-state index contributed by atoms with van der Waals surface area (Å²) < 4.78 is 11.4. The molecule has 1 unspecified atom stereocenters. The summed E-state index contributed by atoms with van der Waals surface area (Å²) in [5.41, 5.74) is 2.22. The summed E-state index contributed by atoms with van der Waals surface area (Å²) in [7, 11) is 0. The first-order valence-electron chi connectivity index (χ1n) is 7.87. The second kappa shape index (κ2) is 6.68. The van der Waals surface area contributed by atoms with Gasteiger partial charge in [-0.25, -0.2) is 9.97 Å². The van der Waals surface area contributed by atoms with Gasteiger partial charge in [0.1, 0.15) is 11.9 Å². The minimum absolute atomic E-state index is 0.0238. The summed E-state index contributed by atoms with van der Waals surface area (Å²) in [6.07, 6.45) is 0.831.